The number of Topliss-reactive ketones (excluding diaryl/α,β-unsaturated/α-hetero) is 1. The monoisotopic (exact) mass is 241 g/mol. The SMILES string of the molecule is CC(=O)c1cn(-c2ccc(C)cc2)c(C)cc1=O. The maximum atomic E-state index is 11.7. The molecule has 2 rings (SSSR count). The third-order valence-corrected chi connectivity index (χ3v) is 2.94. The van der Waals surface area contributed by atoms with Crippen LogP contribution in [0.15, 0.2) is 41.3 Å². The van der Waals surface area contributed by atoms with Crippen molar-refractivity contribution >= 4 is 5.78 Å². The fourth-order valence-electron chi connectivity index (χ4n) is 1.88. The molecular formula is C15H15NO2. The van der Waals surface area contributed by atoms with Gasteiger partial charge in [0.1, 0.15) is 0 Å². The van der Waals surface area contributed by atoms with Gasteiger partial charge in [-0.3, -0.25) is 9.59 Å². The minimum atomic E-state index is -0.219. The molecule has 0 saturated heterocycles. The lowest BCUT2D eigenvalue weighted by Gasteiger charge is -2.12. The number of pyridine rings is 1. The summed E-state index contributed by atoms with van der Waals surface area (Å²) in [5.41, 5.74) is 2.93. The maximum Gasteiger partial charge on any atom is 0.192 e. The summed E-state index contributed by atoms with van der Waals surface area (Å²) in [5, 5.41) is 0. The molecule has 3 heteroatoms. The topological polar surface area (TPSA) is 39.1 Å². The number of aryl methyl sites for hydroxylation is 2. The van der Waals surface area contributed by atoms with Crippen LogP contribution >= 0.6 is 0 Å². The number of carbonyl (C=O) groups is 1. The largest absolute Gasteiger partial charge is 0.320 e. The van der Waals surface area contributed by atoms with E-state index in [0.29, 0.717) is 0 Å². The van der Waals surface area contributed by atoms with E-state index in [1.807, 2.05) is 42.7 Å². The van der Waals surface area contributed by atoms with Crippen molar-refractivity contribution in [3.63, 3.8) is 0 Å². The van der Waals surface area contributed by atoms with Gasteiger partial charge in [-0.15, -0.1) is 0 Å². The first-order chi connectivity index (χ1) is 8.49. The number of hydrogen-bond donors (Lipinski definition) is 0. The normalized spacial score (nSPS) is 10.4. The third-order valence-electron chi connectivity index (χ3n) is 2.94. The van der Waals surface area contributed by atoms with Gasteiger partial charge < -0.3 is 4.57 Å². The molecule has 0 unspecified atom stereocenters. The molecule has 0 aliphatic rings. The van der Waals surface area contributed by atoms with Gasteiger partial charge in [0.25, 0.3) is 0 Å². The Balaban J connectivity index is 2.64. The molecule has 3 nitrogen and oxygen atoms in total. The lowest BCUT2D eigenvalue weighted by atomic mass is 10.1. The second-order valence-electron chi connectivity index (χ2n) is 4.45. The van der Waals surface area contributed by atoms with Crippen molar-refractivity contribution in [1.29, 1.82) is 0 Å². The Labute approximate surface area is 106 Å². The van der Waals surface area contributed by atoms with Gasteiger partial charge in [-0.05, 0) is 32.9 Å². The van der Waals surface area contributed by atoms with Crippen molar-refractivity contribution in [3.05, 3.63) is 63.6 Å². The van der Waals surface area contributed by atoms with Crippen LogP contribution in [0.4, 0.5) is 0 Å². The number of carbonyl (C=O) groups excluding carboxylic acids is 1. The molecular weight excluding hydrogens is 226 g/mol. The second-order valence-corrected chi connectivity index (χ2v) is 4.45. The molecule has 0 bridgehead atoms. The summed E-state index contributed by atoms with van der Waals surface area (Å²) in [6.45, 7) is 5.28. The molecule has 0 aliphatic heterocycles. The zero-order valence-electron chi connectivity index (χ0n) is 10.7. The van der Waals surface area contributed by atoms with Gasteiger partial charge in [-0.2, -0.15) is 0 Å². The van der Waals surface area contributed by atoms with Crippen molar-refractivity contribution in [1.82, 2.24) is 4.57 Å². The molecule has 1 heterocycles. The first kappa shape index (κ1) is 12.3. The second kappa shape index (κ2) is 4.61. The van der Waals surface area contributed by atoms with Crippen LogP contribution in [0.25, 0.3) is 5.69 Å². The third kappa shape index (κ3) is 2.25. The van der Waals surface area contributed by atoms with Crippen LogP contribution in [-0.2, 0) is 0 Å². The zero-order valence-corrected chi connectivity index (χ0v) is 10.7. The molecule has 0 fully saturated rings. The van der Waals surface area contributed by atoms with Gasteiger partial charge in [-0.25, -0.2) is 0 Å². The Hall–Kier alpha value is -2.16. The van der Waals surface area contributed by atoms with Gasteiger partial charge in [0.2, 0.25) is 0 Å². The van der Waals surface area contributed by atoms with E-state index in [4.69, 9.17) is 0 Å². The predicted octanol–water partition coefficient (Wildman–Crippen LogP) is 2.66. The molecule has 0 spiro atoms. The Morgan fingerprint density at radius 2 is 1.72 bits per heavy atom. The summed E-state index contributed by atoms with van der Waals surface area (Å²) in [7, 11) is 0. The summed E-state index contributed by atoms with van der Waals surface area (Å²) >= 11 is 0. The summed E-state index contributed by atoms with van der Waals surface area (Å²) in [5.74, 6) is -0.208. The summed E-state index contributed by atoms with van der Waals surface area (Å²) in [6, 6.07) is 9.44. The van der Waals surface area contributed by atoms with Gasteiger partial charge in [-0.1, -0.05) is 17.7 Å². The van der Waals surface area contributed by atoms with E-state index in [1.54, 1.807) is 6.20 Å². The van der Waals surface area contributed by atoms with E-state index in [0.717, 1.165) is 11.4 Å². The predicted molar refractivity (Wildman–Crippen MR) is 71.5 cm³/mol. The van der Waals surface area contributed by atoms with Crippen molar-refractivity contribution in [2.45, 2.75) is 20.8 Å². The van der Waals surface area contributed by atoms with Crippen LogP contribution in [0, 0.1) is 13.8 Å². The lowest BCUT2D eigenvalue weighted by molar-refractivity contribution is 0.101. The Kier molecular flexibility index (Phi) is 3.15. The molecule has 1 aromatic carbocycles. The van der Waals surface area contributed by atoms with E-state index >= 15 is 0 Å². The number of nitrogens with zero attached hydrogens (tertiary/aromatic N) is 1. The molecule has 0 amide bonds. The smallest absolute Gasteiger partial charge is 0.192 e. The molecule has 1 aromatic heterocycles. The molecule has 18 heavy (non-hydrogen) atoms. The van der Waals surface area contributed by atoms with Crippen LogP contribution in [0.1, 0.15) is 28.5 Å². The number of benzene rings is 1. The van der Waals surface area contributed by atoms with E-state index in [2.05, 4.69) is 0 Å². The number of hydrogen-bond acceptors (Lipinski definition) is 2. The van der Waals surface area contributed by atoms with E-state index < -0.39 is 0 Å². The van der Waals surface area contributed by atoms with Crippen molar-refractivity contribution in [2.24, 2.45) is 0 Å². The average Bonchev–Trinajstić information content (AvgIpc) is 2.30. The van der Waals surface area contributed by atoms with Crippen molar-refractivity contribution in [2.75, 3.05) is 0 Å². The summed E-state index contributed by atoms with van der Waals surface area (Å²) < 4.78 is 1.86. The summed E-state index contributed by atoms with van der Waals surface area (Å²) in [4.78, 5) is 23.1. The first-order valence-electron chi connectivity index (χ1n) is 5.80. The van der Waals surface area contributed by atoms with Crippen LogP contribution in [0.3, 0.4) is 0 Å². The minimum Gasteiger partial charge on any atom is -0.320 e. The Morgan fingerprint density at radius 1 is 1.11 bits per heavy atom. The highest BCUT2D eigenvalue weighted by Gasteiger charge is 2.08. The lowest BCUT2D eigenvalue weighted by Crippen LogP contribution is -2.16. The van der Waals surface area contributed by atoms with Crippen molar-refractivity contribution in [3.8, 4) is 5.69 Å². The minimum absolute atomic E-state index is 0.208. The average molecular weight is 241 g/mol. The number of rotatable bonds is 2. The van der Waals surface area contributed by atoms with Crippen LogP contribution in [0.2, 0.25) is 0 Å². The number of ketones is 1. The van der Waals surface area contributed by atoms with Crippen LogP contribution < -0.4 is 5.43 Å². The molecule has 92 valence electrons. The van der Waals surface area contributed by atoms with Crippen LogP contribution in [0.5, 0.6) is 0 Å². The van der Waals surface area contributed by atoms with Crippen LogP contribution in [-0.4, -0.2) is 10.4 Å². The molecule has 0 radical (unpaired) electrons. The maximum absolute atomic E-state index is 11.7. The van der Waals surface area contributed by atoms with E-state index in [-0.39, 0.29) is 16.8 Å². The molecule has 2 aromatic rings. The molecule has 0 N–H and O–H groups in total. The first-order valence-corrected chi connectivity index (χ1v) is 5.80. The van der Waals surface area contributed by atoms with Gasteiger partial charge >= 0.3 is 0 Å². The molecule has 0 aliphatic carbocycles. The zero-order chi connectivity index (χ0) is 13.3. The fraction of sp³-hybridized carbons (Fsp3) is 0.200. The van der Waals surface area contributed by atoms with Gasteiger partial charge in [0.15, 0.2) is 11.2 Å². The summed E-state index contributed by atoms with van der Waals surface area (Å²) in [6.07, 6.45) is 1.62. The van der Waals surface area contributed by atoms with Crippen molar-refractivity contribution < 1.29 is 4.79 Å². The van der Waals surface area contributed by atoms with E-state index in [9.17, 15) is 9.59 Å². The standard InChI is InChI=1S/C15H15NO2/c1-10-4-6-13(7-5-10)16-9-14(12(3)17)15(18)8-11(16)2/h4-9H,1-3H3. The van der Waals surface area contributed by atoms with Gasteiger partial charge in [0.05, 0.1) is 5.56 Å². The fourth-order valence-corrected chi connectivity index (χ4v) is 1.88. The highest BCUT2D eigenvalue weighted by molar-refractivity contribution is 5.93. The molecule has 0 saturated carbocycles. The quantitative estimate of drug-likeness (QED) is 0.758. The molecule has 0 atom stereocenters. The highest BCUT2D eigenvalue weighted by Crippen LogP contribution is 2.12. The Bertz CT molecular complexity index is 651. The Morgan fingerprint density at radius 3 is 2.28 bits per heavy atom. The highest BCUT2D eigenvalue weighted by atomic mass is 16.1. The van der Waals surface area contributed by atoms with E-state index in [1.165, 1.54) is 18.6 Å². The van der Waals surface area contributed by atoms with Gasteiger partial charge in [0, 0.05) is 23.6 Å². The number of aromatic nitrogens is 1.